The molecule has 0 aliphatic rings. The molecule has 0 bridgehead atoms. The number of carbonyl (C=O) groups is 1. The van der Waals surface area contributed by atoms with E-state index in [2.05, 4.69) is 0 Å². The second-order valence-electron chi connectivity index (χ2n) is 5.07. The van der Waals surface area contributed by atoms with Gasteiger partial charge < -0.3 is 9.29 Å². The fraction of sp³-hybridized carbons (Fsp3) is 0.909. The van der Waals surface area contributed by atoms with Crippen LogP contribution in [-0.2, 0) is 20.6 Å². The lowest BCUT2D eigenvalue weighted by molar-refractivity contribution is -0.153. The standard InChI is InChI=1S/C11H20F2O4S/c1-10(2,3)9(14)17-8-6-4-5-7-11(12,13)18(15)16/h4-8H2,1-3H3,(H,15,16)/p-1. The number of hydrogen-bond donors (Lipinski definition) is 0. The van der Waals surface area contributed by atoms with E-state index in [9.17, 15) is 22.3 Å². The molecular formula is C11H19F2O4S-. The number of unbranched alkanes of at least 4 members (excludes halogenated alkanes) is 2. The summed E-state index contributed by atoms with van der Waals surface area (Å²) in [4.78, 5) is 11.3. The van der Waals surface area contributed by atoms with Crippen LogP contribution in [0.3, 0.4) is 0 Å². The predicted molar refractivity (Wildman–Crippen MR) is 62.7 cm³/mol. The smallest absolute Gasteiger partial charge is 0.311 e. The maximum absolute atomic E-state index is 12.6. The molecule has 108 valence electrons. The van der Waals surface area contributed by atoms with Crippen molar-refractivity contribution in [1.29, 1.82) is 0 Å². The summed E-state index contributed by atoms with van der Waals surface area (Å²) in [6.45, 7) is 5.33. The highest BCUT2D eigenvalue weighted by molar-refractivity contribution is 7.80. The Kier molecular flexibility index (Phi) is 6.91. The van der Waals surface area contributed by atoms with Crippen LogP contribution in [-0.4, -0.2) is 26.6 Å². The minimum Gasteiger partial charge on any atom is -0.768 e. The summed E-state index contributed by atoms with van der Waals surface area (Å²) < 4.78 is 50.5. The van der Waals surface area contributed by atoms with Crippen LogP contribution >= 0.6 is 0 Å². The minimum absolute atomic E-state index is 0.0774. The first-order chi connectivity index (χ1) is 8.07. The third-order valence-corrected chi connectivity index (χ3v) is 2.89. The van der Waals surface area contributed by atoms with E-state index in [1.807, 2.05) is 0 Å². The van der Waals surface area contributed by atoms with Crippen molar-refractivity contribution in [3.8, 4) is 0 Å². The predicted octanol–water partition coefficient (Wildman–Crippen LogP) is 2.61. The van der Waals surface area contributed by atoms with Crippen LogP contribution in [0.1, 0.15) is 46.5 Å². The second kappa shape index (κ2) is 7.13. The van der Waals surface area contributed by atoms with E-state index in [0.29, 0.717) is 12.8 Å². The number of esters is 1. The maximum Gasteiger partial charge on any atom is 0.311 e. The fourth-order valence-corrected chi connectivity index (χ4v) is 1.39. The Morgan fingerprint density at radius 2 is 1.78 bits per heavy atom. The second-order valence-corrected chi connectivity index (χ2v) is 6.14. The molecule has 0 heterocycles. The van der Waals surface area contributed by atoms with Gasteiger partial charge in [-0.05, 0) is 40.0 Å². The molecule has 0 saturated carbocycles. The number of rotatable bonds is 7. The first kappa shape index (κ1) is 17.4. The van der Waals surface area contributed by atoms with E-state index < -0.39 is 28.2 Å². The van der Waals surface area contributed by atoms with Crippen molar-refractivity contribution in [2.45, 2.75) is 51.7 Å². The van der Waals surface area contributed by atoms with E-state index in [1.54, 1.807) is 20.8 Å². The summed E-state index contributed by atoms with van der Waals surface area (Å²) in [5.74, 6) is -0.339. The molecular weight excluding hydrogens is 266 g/mol. The molecule has 0 saturated heterocycles. The Hall–Kier alpha value is -0.560. The highest BCUT2D eigenvalue weighted by atomic mass is 32.2. The number of alkyl halides is 2. The van der Waals surface area contributed by atoms with Gasteiger partial charge in [0.15, 0.2) is 0 Å². The van der Waals surface area contributed by atoms with Gasteiger partial charge in [0.2, 0.25) is 0 Å². The zero-order chi connectivity index (χ0) is 14.4. The molecule has 0 aliphatic carbocycles. The third-order valence-electron chi connectivity index (χ3n) is 2.20. The molecule has 18 heavy (non-hydrogen) atoms. The van der Waals surface area contributed by atoms with Gasteiger partial charge in [-0.3, -0.25) is 9.00 Å². The number of hydrogen-bond acceptors (Lipinski definition) is 4. The van der Waals surface area contributed by atoms with Crippen molar-refractivity contribution >= 4 is 17.0 Å². The number of carbonyl (C=O) groups excluding carboxylic acids is 1. The van der Waals surface area contributed by atoms with E-state index in [1.165, 1.54) is 0 Å². The van der Waals surface area contributed by atoms with Gasteiger partial charge in [0, 0.05) is 17.5 Å². The van der Waals surface area contributed by atoms with Crippen molar-refractivity contribution in [2.75, 3.05) is 6.61 Å². The zero-order valence-corrected chi connectivity index (χ0v) is 11.6. The van der Waals surface area contributed by atoms with Crippen LogP contribution in [0.5, 0.6) is 0 Å². The van der Waals surface area contributed by atoms with E-state index >= 15 is 0 Å². The molecule has 0 rings (SSSR count). The van der Waals surface area contributed by atoms with Gasteiger partial charge in [0.1, 0.15) is 0 Å². The average molecular weight is 285 g/mol. The molecule has 4 nitrogen and oxygen atoms in total. The molecule has 0 N–H and O–H groups in total. The number of halogens is 2. The topological polar surface area (TPSA) is 66.4 Å². The highest BCUT2D eigenvalue weighted by Crippen LogP contribution is 2.24. The van der Waals surface area contributed by atoms with Crippen LogP contribution in [0.15, 0.2) is 0 Å². The van der Waals surface area contributed by atoms with Crippen molar-refractivity contribution in [3.63, 3.8) is 0 Å². The minimum atomic E-state index is -3.66. The lowest BCUT2D eigenvalue weighted by atomic mass is 9.97. The summed E-state index contributed by atoms with van der Waals surface area (Å²) >= 11 is -3.37. The Labute approximate surface area is 108 Å². The summed E-state index contributed by atoms with van der Waals surface area (Å²) in [6.07, 6.45) is 0.220. The molecule has 1 atom stereocenters. The first-order valence-corrected chi connectivity index (χ1v) is 6.79. The average Bonchev–Trinajstić information content (AvgIpc) is 2.21. The molecule has 0 fully saturated rings. The van der Waals surface area contributed by atoms with Crippen molar-refractivity contribution in [2.24, 2.45) is 5.41 Å². The third kappa shape index (κ3) is 7.00. The van der Waals surface area contributed by atoms with Crippen molar-refractivity contribution in [3.05, 3.63) is 0 Å². The normalized spacial score (nSPS) is 14.3. The molecule has 0 aromatic heterocycles. The van der Waals surface area contributed by atoms with Gasteiger partial charge in [0.05, 0.1) is 12.0 Å². The number of ether oxygens (including phenoxy) is 1. The maximum atomic E-state index is 12.6. The van der Waals surface area contributed by atoms with Crippen LogP contribution in [0.25, 0.3) is 0 Å². The Bertz CT molecular complexity index is 300. The van der Waals surface area contributed by atoms with Crippen LogP contribution in [0.4, 0.5) is 8.78 Å². The monoisotopic (exact) mass is 285 g/mol. The van der Waals surface area contributed by atoms with Crippen LogP contribution in [0.2, 0.25) is 0 Å². The molecule has 0 aliphatic heterocycles. The van der Waals surface area contributed by atoms with Gasteiger partial charge in [0.25, 0.3) is 0 Å². The van der Waals surface area contributed by atoms with Gasteiger partial charge in [-0.15, -0.1) is 0 Å². The fourth-order valence-electron chi connectivity index (χ4n) is 1.07. The Morgan fingerprint density at radius 3 is 2.22 bits per heavy atom. The summed E-state index contributed by atoms with van der Waals surface area (Å²) in [6, 6.07) is 0. The van der Waals surface area contributed by atoms with Gasteiger partial charge >= 0.3 is 11.2 Å². The highest BCUT2D eigenvalue weighted by Gasteiger charge is 2.29. The molecule has 1 unspecified atom stereocenters. The quantitative estimate of drug-likeness (QED) is 0.409. The molecule has 0 spiro atoms. The molecule has 0 aromatic carbocycles. The Balaban J connectivity index is 3.65. The van der Waals surface area contributed by atoms with Crippen molar-refractivity contribution in [1.82, 2.24) is 0 Å². The lowest BCUT2D eigenvalue weighted by Crippen LogP contribution is -2.23. The molecule has 7 heteroatoms. The van der Waals surface area contributed by atoms with Crippen LogP contribution in [0, 0.1) is 5.41 Å². The zero-order valence-electron chi connectivity index (χ0n) is 10.8. The van der Waals surface area contributed by atoms with Gasteiger partial charge in [-0.2, -0.15) is 8.78 Å². The Morgan fingerprint density at radius 1 is 1.22 bits per heavy atom. The van der Waals surface area contributed by atoms with E-state index in [0.717, 1.165) is 0 Å². The van der Waals surface area contributed by atoms with Gasteiger partial charge in [-0.1, -0.05) is 0 Å². The molecule has 0 radical (unpaired) electrons. The SMILES string of the molecule is CC(C)(C)C(=O)OCCCCCC(F)(F)S(=O)[O-]. The van der Waals surface area contributed by atoms with Crippen LogP contribution < -0.4 is 0 Å². The van der Waals surface area contributed by atoms with Gasteiger partial charge in [-0.25, -0.2) is 0 Å². The summed E-state index contributed by atoms with van der Waals surface area (Å²) in [5.41, 5.74) is -0.577. The van der Waals surface area contributed by atoms with E-state index in [4.69, 9.17) is 4.74 Å². The lowest BCUT2D eigenvalue weighted by Gasteiger charge is -2.18. The van der Waals surface area contributed by atoms with E-state index in [-0.39, 0.29) is 19.0 Å². The van der Waals surface area contributed by atoms with Crippen molar-refractivity contribution < 1.29 is 27.1 Å². The largest absolute Gasteiger partial charge is 0.768 e. The first-order valence-electron chi connectivity index (χ1n) is 5.72. The summed E-state index contributed by atoms with van der Waals surface area (Å²) in [5, 5.41) is -3.66. The molecule has 0 amide bonds. The molecule has 0 aromatic rings. The summed E-state index contributed by atoms with van der Waals surface area (Å²) in [7, 11) is 0.